The third-order valence-corrected chi connectivity index (χ3v) is 3.92. The maximum Gasteiger partial charge on any atom is 0.218 e. The Morgan fingerprint density at radius 2 is 1.91 bits per heavy atom. The lowest BCUT2D eigenvalue weighted by molar-refractivity contribution is -0.118. The van der Waals surface area contributed by atoms with Gasteiger partial charge in [-0.25, -0.2) is 0 Å². The lowest BCUT2D eigenvalue weighted by Crippen LogP contribution is -2.47. The van der Waals surface area contributed by atoms with Gasteiger partial charge in [-0.1, -0.05) is 0 Å². The smallest absolute Gasteiger partial charge is 0.218 e. The van der Waals surface area contributed by atoms with E-state index in [0.717, 1.165) is 49.9 Å². The molecule has 0 radical (unpaired) electrons. The number of hydrogen-bond donors (Lipinski definition) is 1. The van der Waals surface area contributed by atoms with E-state index in [1.54, 1.807) is 7.11 Å². The molecule has 1 aliphatic heterocycles. The molecule has 128 valence electrons. The van der Waals surface area contributed by atoms with Crippen LogP contribution in [0.5, 0.6) is 11.5 Å². The van der Waals surface area contributed by atoms with Crippen molar-refractivity contribution in [1.82, 2.24) is 4.90 Å². The molecule has 1 fully saturated rings. The molecular weight excluding hydrogens is 294 g/mol. The highest BCUT2D eigenvalue weighted by Crippen LogP contribution is 2.32. The maximum absolute atomic E-state index is 10.9. The van der Waals surface area contributed by atoms with Crippen LogP contribution in [-0.4, -0.2) is 56.7 Å². The Balaban J connectivity index is 1.98. The van der Waals surface area contributed by atoms with Crippen molar-refractivity contribution in [2.24, 2.45) is 5.73 Å². The number of anilines is 1. The standard InChI is InChI=1S/C17H27N3O3/c1-13(2)23-16-12-14(4-5-15(16)22-3)20-10-8-19(9-11-20)7-6-17(18)21/h4-5,12-13H,6-11H2,1-3H3,(H2,18,21). The minimum absolute atomic E-state index is 0.102. The van der Waals surface area contributed by atoms with Crippen LogP contribution < -0.4 is 20.1 Å². The summed E-state index contributed by atoms with van der Waals surface area (Å²) in [6.07, 6.45) is 0.527. The van der Waals surface area contributed by atoms with E-state index in [1.165, 1.54) is 0 Å². The Labute approximate surface area is 138 Å². The first-order valence-electron chi connectivity index (χ1n) is 8.10. The number of primary amides is 1. The van der Waals surface area contributed by atoms with E-state index in [2.05, 4.69) is 15.9 Å². The molecule has 1 aliphatic rings. The average Bonchev–Trinajstić information content (AvgIpc) is 2.53. The number of amides is 1. The van der Waals surface area contributed by atoms with Crippen molar-refractivity contribution in [3.8, 4) is 11.5 Å². The van der Waals surface area contributed by atoms with E-state index in [0.29, 0.717) is 6.42 Å². The van der Waals surface area contributed by atoms with Crippen molar-refractivity contribution in [2.75, 3.05) is 44.7 Å². The number of nitrogens with two attached hydrogens (primary N) is 1. The van der Waals surface area contributed by atoms with E-state index in [-0.39, 0.29) is 12.0 Å². The monoisotopic (exact) mass is 321 g/mol. The normalized spacial score (nSPS) is 15.7. The van der Waals surface area contributed by atoms with E-state index in [4.69, 9.17) is 15.2 Å². The van der Waals surface area contributed by atoms with Crippen LogP contribution in [0.3, 0.4) is 0 Å². The van der Waals surface area contributed by atoms with Gasteiger partial charge in [-0.3, -0.25) is 9.69 Å². The van der Waals surface area contributed by atoms with Gasteiger partial charge in [0.2, 0.25) is 5.91 Å². The zero-order chi connectivity index (χ0) is 16.8. The quantitative estimate of drug-likeness (QED) is 0.824. The lowest BCUT2D eigenvalue weighted by atomic mass is 10.2. The highest BCUT2D eigenvalue weighted by Gasteiger charge is 2.19. The van der Waals surface area contributed by atoms with Gasteiger partial charge in [0.05, 0.1) is 13.2 Å². The topological polar surface area (TPSA) is 68.0 Å². The molecule has 2 rings (SSSR count). The molecule has 6 heteroatoms. The summed E-state index contributed by atoms with van der Waals surface area (Å²) in [5.41, 5.74) is 6.35. The molecule has 0 atom stereocenters. The first-order valence-corrected chi connectivity index (χ1v) is 8.10. The highest BCUT2D eigenvalue weighted by atomic mass is 16.5. The summed E-state index contributed by atoms with van der Waals surface area (Å²) in [6, 6.07) is 6.05. The number of nitrogens with zero attached hydrogens (tertiary/aromatic N) is 2. The summed E-state index contributed by atoms with van der Waals surface area (Å²) in [6.45, 7) is 8.46. The van der Waals surface area contributed by atoms with Gasteiger partial charge in [0.25, 0.3) is 0 Å². The average molecular weight is 321 g/mol. The second kappa shape index (κ2) is 8.06. The molecule has 0 aliphatic carbocycles. The van der Waals surface area contributed by atoms with Gasteiger partial charge >= 0.3 is 0 Å². The van der Waals surface area contributed by atoms with Gasteiger partial charge < -0.3 is 20.1 Å². The van der Waals surface area contributed by atoms with Gasteiger partial charge in [-0.15, -0.1) is 0 Å². The first kappa shape index (κ1) is 17.4. The SMILES string of the molecule is COc1ccc(N2CCN(CCC(N)=O)CC2)cc1OC(C)C. The molecule has 0 spiro atoms. The molecule has 1 saturated heterocycles. The number of carbonyl (C=O) groups excluding carboxylic acids is 1. The highest BCUT2D eigenvalue weighted by molar-refractivity contribution is 5.73. The van der Waals surface area contributed by atoms with Crippen molar-refractivity contribution in [3.63, 3.8) is 0 Å². The third-order valence-electron chi connectivity index (χ3n) is 3.92. The largest absolute Gasteiger partial charge is 0.493 e. The number of piperazine rings is 1. The zero-order valence-electron chi connectivity index (χ0n) is 14.2. The van der Waals surface area contributed by atoms with Crippen molar-refractivity contribution >= 4 is 11.6 Å². The van der Waals surface area contributed by atoms with Gasteiger partial charge in [-0.2, -0.15) is 0 Å². The Morgan fingerprint density at radius 3 is 2.48 bits per heavy atom. The minimum atomic E-state index is -0.238. The van der Waals surface area contributed by atoms with Crippen molar-refractivity contribution in [3.05, 3.63) is 18.2 Å². The molecule has 6 nitrogen and oxygen atoms in total. The summed E-state index contributed by atoms with van der Waals surface area (Å²) in [5.74, 6) is 1.29. The van der Waals surface area contributed by atoms with E-state index in [9.17, 15) is 4.79 Å². The predicted molar refractivity (Wildman–Crippen MR) is 91.2 cm³/mol. The summed E-state index contributed by atoms with van der Waals surface area (Å²) in [4.78, 5) is 15.5. The van der Waals surface area contributed by atoms with E-state index < -0.39 is 0 Å². The predicted octanol–water partition coefficient (Wildman–Crippen LogP) is 1.48. The minimum Gasteiger partial charge on any atom is -0.493 e. The number of rotatable bonds is 7. The zero-order valence-corrected chi connectivity index (χ0v) is 14.2. The fourth-order valence-electron chi connectivity index (χ4n) is 2.71. The molecule has 0 unspecified atom stereocenters. The van der Waals surface area contributed by atoms with Crippen LogP contribution in [0.2, 0.25) is 0 Å². The number of hydrogen-bond acceptors (Lipinski definition) is 5. The van der Waals surface area contributed by atoms with Crippen LogP contribution in [0.4, 0.5) is 5.69 Å². The van der Waals surface area contributed by atoms with Crippen LogP contribution in [-0.2, 0) is 4.79 Å². The molecule has 0 aromatic heterocycles. The molecule has 1 amide bonds. The number of ether oxygens (including phenoxy) is 2. The van der Waals surface area contributed by atoms with Gasteiger partial charge in [0.15, 0.2) is 11.5 Å². The van der Waals surface area contributed by atoms with Crippen molar-refractivity contribution in [2.45, 2.75) is 26.4 Å². The summed E-state index contributed by atoms with van der Waals surface area (Å²) in [7, 11) is 1.65. The van der Waals surface area contributed by atoms with E-state index >= 15 is 0 Å². The number of carbonyl (C=O) groups is 1. The molecule has 2 N–H and O–H groups in total. The molecule has 0 bridgehead atoms. The lowest BCUT2D eigenvalue weighted by Gasteiger charge is -2.36. The maximum atomic E-state index is 10.9. The number of benzene rings is 1. The second-order valence-electron chi connectivity index (χ2n) is 6.05. The fraction of sp³-hybridized carbons (Fsp3) is 0.588. The van der Waals surface area contributed by atoms with Gasteiger partial charge in [-0.05, 0) is 26.0 Å². The van der Waals surface area contributed by atoms with Gasteiger partial charge in [0, 0.05) is 50.9 Å². The Bertz CT molecular complexity index is 526. The fourth-order valence-corrected chi connectivity index (χ4v) is 2.71. The van der Waals surface area contributed by atoms with Crippen LogP contribution in [0, 0.1) is 0 Å². The summed E-state index contributed by atoms with van der Waals surface area (Å²) < 4.78 is 11.2. The van der Waals surface area contributed by atoms with E-state index in [1.807, 2.05) is 26.0 Å². The second-order valence-corrected chi connectivity index (χ2v) is 6.05. The Kier molecular flexibility index (Phi) is 6.10. The molecular formula is C17H27N3O3. The molecule has 23 heavy (non-hydrogen) atoms. The van der Waals surface area contributed by atoms with Crippen LogP contribution in [0.15, 0.2) is 18.2 Å². The molecule has 0 saturated carbocycles. The van der Waals surface area contributed by atoms with Crippen molar-refractivity contribution in [1.29, 1.82) is 0 Å². The first-order chi connectivity index (χ1) is 11.0. The van der Waals surface area contributed by atoms with Crippen molar-refractivity contribution < 1.29 is 14.3 Å². The van der Waals surface area contributed by atoms with Crippen LogP contribution in [0.25, 0.3) is 0 Å². The summed E-state index contributed by atoms with van der Waals surface area (Å²) in [5, 5.41) is 0. The molecule has 1 heterocycles. The molecule has 1 aromatic rings. The van der Waals surface area contributed by atoms with Crippen LogP contribution in [0.1, 0.15) is 20.3 Å². The molecule has 1 aromatic carbocycles. The third kappa shape index (κ3) is 5.03. The Hall–Kier alpha value is -1.95. The summed E-state index contributed by atoms with van der Waals surface area (Å²) >= 11 is 0. The van der Waals surface area contributed by atoms with Gasteiger partial charge in [0.1, 0.15) is 0 Å². The Morgan fingerprint density at radius 1 is 1.22 bits per heavy atom. The van der Waals surface area contributed by atoms with Crippen LogP contribution >= 0.6 is 0 Å². The number of methoxy groups -OCH3 is 1.